The molecule has 0 spiro atoms. The smallest absolute Gasteiger partial charge is 0.180 e. The van der Waals surface area contributed by atoms with Crippen molar-refractivity contribution in [2.24, 2.45) is 0 Å². The third-order valence-corrected chi connectivity index (χ3v) is 6.06. The van der Waals surface area contributed by atoms with E-state index in [-0.39, 0.29) is 0 Å². The van der Waals surface area contributed by atoms with E-state index in [9.17, 15) is 0 Å². The van der Waals surface area contributed by atoms with E-state index in [0.717, 1.165) is 29.1 Å². The molecule has 3 aromatic rings. The molecule has 92 valence electrons. The van der Waals surface area contributed by atoms with Crippen molar-refractivity contribution in [1.82, 2.24) is 25.1 Å². The van der Waals surface area contributed by atoms with Crippen LogP contribution < -0.4 is 0 Å². The van der Waals surface area contributed by atoms with Crippen LogP contribution in [-0.2, 0) is 0 Å². The second-order valence-electron chi connectivity index (χ2n) is 3.20. The number of nitrogens with zero attached hydrogens (tertiary/aromatic N) is 5. The van der Waals surface area contributed by atoms with Gasteiger partial charge in [0.1, 0.15) is 21.1 Å². The van der Waals surface area contributed by atoms with Crippen molar-refractivity contribution in [1.29, 1.82) is 0 Å². The van der Waals surface area contributed by atoms with Crippen LogP contribution in [-0.4, -0.2) is 31.4 Å². The first-order valence-electron chi connectivity index (χ1n) is 4.90. The first-order chi connectivity index (χ1) is 8.76. The molecular weight excluding hydrogens is 306 g/mol. The van der Waals surface area contributed by atoms with Crippen LogP contribution in [0.4, 0.5) is 0 Å². The van der Waals surface area contributed by atoms with Gasteiger partial charge in [-0.05, 0) is 24.9 Å². The highest BCUT2D eigenvalue weighted by Gasteiger charge is 2.13. The number of fused-ring (bicyclic) bond motifs is 1. The van der Waals surface area contributed by atoms with Crippen LogP contribution in [0.1, 0.15) is 5.01 Å². The van der Waals surface area contributed by atoms with E-state index in [1.54, 1.807) is 40.8 Å². The Labute approximate surface area is 119 Å². The minimum absolute atomic E-state index is 0.753. The second kappa shape index (κ2) is 5.08. The molecule has 5 nitrogen and oxygen atoms in total. The molecule has 9 heteroatoms. The summed E-state index contributed by atoms with van der Waals surface area (Å²) in [5.74, 6) is 0. The van der Waals surface area contributed by atoms with E-state index in [0.29, 0.717) is 0 Å². The normalized spacial score (nSPS) is 11.2. The van der Waals surface area contributed by atoms with Crippen molar-refractivity contribution in [3.05, 3.63) is 11.3 Å². The highest BCUT2D eigenvalue weighted by molar-refractivity contribution is 8.01. The number of hydrogen-bond acceptors (Lipinski definition) is 9. The van der Waals surface area contributed by atoms with Gasteiger partial charge in [0, 0.05) is 0 Å². The fraction of sp³-hybridized carbons (Fsp3) is 0.222. The SMILES string of the molecule is CSc1nc2ncnc(Sc3nnc(C)s3)c2s1. The maximum Gasteiger partial charge on any atom is 0.180 e. The van der Waals surface area contributed by atoms with Crippen LogP contribution in [0.2, 0.25) is 0 Å². The van der Waals surface area contributed by atoms with Gasteiger partial charge in [-0.3, -0.25) is 0 Å². The van der Waals surface area contributed by atoms with Gasteiger partial charge in [0.05, 0.1) is 0 Å². The number of aromatic nitrogens is 5. The molecule has 0 atom stereocenters. The van der Waals surface area contributed by atoms with Crippen LogP contribution >= 0.6 is 46.2 Å². The minimum Gasteiger partial charge on any atom is -0.228 e. The molecule has 0 bridgehead atoms. The van der Waals surface area contributed by atoms with Gasteiger partial charge in [-0.15, -0.1) is 21.5 Å². The topological polar surface area (TPSA) is 64.5 Å². The zero-order valence-corrected chi connectivity index (χ0v) is 12.7. The summed E-state index contributed by atoms with van der Waals surface area (Å²) in [5, 5.41) is 9.95. The predicted molar refractivity (Wildman–Crippen MR) is 75.8 cm³/mol. The van der Waals surface area contributed by atoms with E-state index in [2.05, 4.69) is 25.1 Å². The Morgan fingerprint density at radius 2 is 2.00 bits per heavy atom. The molecule has 3 rings (SSSR count). The Balaban J connectivity index is 2.03. The number of rotatable bonds is 3. The van der Waals surface area contributed by atoms with E-state index in [4.69, 9.17) is 0 Å². The molecule has 0 aromatic carbocycles. The van der Waals surface area contributed by atoms with Gasteiger partial charge in [0.2, 0.25) is 0 Å². The van der Waals surface area contributed by atoms with Crippen LogP contribution in [0.15, 0.2) is 20.0 Å². The summed E-state index contributed by atoms with van der Waals surface area (Å²) in [4.78, 5) is 12.9. The molecule has 0 aliphatic rings. The number of thioether (sulfide) groups is 1. The van der Waals surface area contributed by atoms with Crippen molar-refractivity contribution in [2.75, 3.05) is 6.26 Å². The van der Waals surface area contributed by atoms with Crippen molar-refractivity contribution in [3.63, 3.8) is 0 Å². The Kier molecular flexibility index (Phi) is 3.46. The maximum absolute atomic E-state index is 4.42. The Morgan fingerprint density at radius 1 is 1.11 bits per heavy atom. The lowest BCUT2D eigenvalue weighted by atomic mass is 10.6. The van der Waals surface area contributed by atoms with Gasteiger partial charge >= 0.3 is 0 Å². The first kappa shape index (κ1) is 12.3. The van der Waals surface area contributed by atoms with Crippen molar-refractivity contribution in [2.45, 2.75) is 20.6 Å². The molecule has 0 fully saturated rings. The van der Waals surface area contributed by atoms with Crippen LogP contribution in [0.3, 0.4) is 0 Å². The maximum atomic E-state index is 4.42. The lowest BCUT2D eigenvalue weighted by Crippen LogP contribution is -1.83. The van der Waals surface area contributed by atoms with E-state index in [1.165, 1.54) is 11.8 Å². The first-order valence-corrected chi connectivity index (χ1v) is 8.57. The Hall–Kier alpha value is -0.770. The summed E-state index contributed by atoms with van der Waals surface area (Å²) >= 11 is 6.31. The fourth-order valence-corrected chi connectivity index (χ4v) is 4.64. The number of aryl methyl sites for hydroxylation is 1. The molecule has 3 aromatic heterocycles. The summed E-state index contributed by atoms with van der Waals surface area (Å²) < 4.78 is 2.91. The van der Waals surface area contributed by atoms with E-state index < -0.39 is 0 Å². The van der Waals surface area contributed by atoms with Gasteiger partial charge in [-0.25, -0.2) is 15.0 Å². The highest BCUT2D eigenvalue weighted by atomic mass is 32.2. The van der Waals surface area contributed by atoms with E-state index in [1.807, 2.05) is 13.2 Å². The Morgan fingerprint density at radius 3 is 2.72 bits per heavy atom. The monoisotopic (exact) mass is 313 g/mol. The van der Waals surface area contributed by atoms with Crippen molar-refractivity contribution < 1.29 is 0 Å². The van der Waals surface area contributed by atoms with Crippen LogP contribution in [0.5, 0.6) is 0 Å². The summed E-state index contributed by atoms with van der Waals surface area (Å²) in [6, 6.07) is 0. The molecular formula is C9H7N5S4. The minimum atomic E-state index is 0.753. The average Bonchev–Trinajstić information content (AvgIpc) is 2.96. The Bertz CT molecular complexity index is 691. The third-order valence-electron chi connectivity index (χ3n) is 2.00. The lowest BCUT2D eigenvalue weighted by molar-refractivity contribution is 0.980. The van der Waals surface area contributed by atoms with E-state index >= 15 is 0 Å². The van der Waals surface area contributed by atoms with Gasteiger partial charge in [-0.2, -0.15) is 0 Å². The van der Waals surface area contributed by atoms with Gasteiger partial charge in [0.15, 0.2) is 14.3 Å². The molecule has 0 aliphatic heterocycles. The molecule has 0 radical (unpaired) electrons. The van der Waals surface area contributed by atoms with Gasteiger partial charge in [0.25, 0.3) is 0 Å². The molecule has 0 saturated carbocycles. The summed E-state index contributed by atoms with van der Waals surface area (Å²) in [7, 11) is 0. The quantitative estimate of drug-likeness (QED) is 0.543. The highest BCUT2D eigenvalue weighted by Crippen LogP contribution is 2.36. The third kappa shape index (κ3) is 2.35. The molecule has 0 amide bonds. The van der Waals surface area contributed by atoms with Crippen LogP contribution in [0.25, 0.3) is 10.3 Å². The van der Waals surface area contributed by atoms with Crippen molar-refractivity contribution >= 4 is 56.5 Å². The summed E-state index contributed by atoms with van der Waals surface area (Å²) in [5.41, 5.74) is 0.753. The zero-order valence-electron chi connectivity index (χ0n) is 9.45. The number of thiazole rings is 1. The predicted octanol–water partition coefficient (Wildman–Crippen LogP) is 3.12. The molecule has 18 heavy (non-hydrogen) atoms. The number of hydrogen-bond donors (Lipinski definition) is 0. The van der Waals surface area contributed by atoms with Crippen molar-refractivity contribution in [3.8, 4) is 0 Å². The largest absolute Gasteiger partial charge is 0.228 e. The average molecular weight is 313 g/mol. The zero-order chi connectivity index (χ0) is 12.5. The summed E-state index contributed by atoms with van der Waals surface area (Å²) in [6.45, 7) is 1.94. The molecule has 3 heterocycles. The summed E-state index contributed by atoms with van der Waals surface area (Å²) in [6.07, 6.45) is 3.55. The molecule has 0 saturated heterocycles. The standard InChI is InChI=1S/C9H7N5S4/c1-4-13-14-9(16-4)18-7-5-6(10-3-11-7)12-8(15-2)17-5/h3H,1-2H3. The van der Waals surface area contributed by atoms with Gasteiger partial charge in [-0.1, -0.05) is 23.1 Å². The van der Waals surface area contributed by atoms with Gasteiger partial charge < -0.3 is 0 Å². The molecule has 0 N–H and O–H groups in total. The van der Waals surface area contributed by atoms with Crippen LogP contribution in [0, 0.1) is 6.92 Å². The second-order valence-corrected chi connectivity index (χ2v) is 7.67. The fourth-order valence-electron chi connectivity index (χ4n) is 1.28. The molecule has 0 aliphatic carbocycles. The molecule has 0 unspecified atom stereocenters. The lowest BCUT2D eigenvalue weighted by Gasteiger charge is -1.95.